The van der Waals surface area contributed by atoms with Crippen LogP contribution in [0.5, 0.6) is 0 Å². The van der Waals surface area contributed by atoms with Crippen molar-refractivity contribution in [3.05, 3.63) is 95.8 Å². The second-order valence-corrected chi connectivity index (χ2v) is 13.3. The summed E-state index contributed by atoms with van der Waals surface area (Å²) in [5.74, 6) is 1.82. The van der Waals surface area contributed by atoms with Crippen molar-refractivity contribution in [2.75, 3.05) is 19.6 Å². The van der Waals surface area contributed by atoms with E-state index in [4.69, 9.17) is 4.98 Å². The highest BCUT2D eigenvalue weighted by Crippen LogP contribution is 2.43. The first kappa shape index (κ1) is 27.6. The van der Waals surface area contributed by atoms with Gasteiger partial charge in [0.05, 0.1) is 27.6 Å². The van der Waals surface area contributed by atoms with Gasteiger partial charge in [-0.05, 0) is 93.3 Å². The van der Waals surface area contributed by atoms with Gasteiger partial charge in [-0.1, -0.05) is 48.5 Å². The van der Waals surface area contributed by atoms with Crippen LogP contribution in [-0.2, 0) is 10.0 Å². The van der Waals surface area contributed by atoms with Crippen molar-refractivity contribution in [1.82, 2.24) is 19.2 Å². The number of nitriles is 1. The van der Waals surface area contributed by atoms with E-state index in [0.29, 0.717) is 30.1 Å². The van der Waals surface area contributed by atoms with Crippen LogP contribution in [0.25, 0.3) is 11.0 Å². The van der Waals surface area contributed by atoms with E-state index in [0.717, 1.165) is 42.8 Å². The van der Waals surface area contributed by atoms with Crippen LogP contribution in [0.15, 0.2) is 83.8 Å². The summed E-state index contributed by atoms with van der Waals surface area (Å²) in [6, 6.07) is 27.9. The average molecular weight is 568 g/mol. The Morgan fingerprint density at radius 2 is 1.83 bits per heavy atom. The fourth-order valence-electron chi connectivity index (χ4n) is 6.85. The lowest BCUT2D eigenvalue weighted by Gasteiger charge is -2.43. The first-order valence-electron chi connectivity index (χ1n) is 14.7. The van der Waals surface area contributed by atoms with E-state index in [9.17, 15) is 13.7 Å². The molecule has 2 heterocycles. The number of aryl methyl sites for hydroxylation is 1. The number of nitrogens with one attached hydrogen (secondary N) is 1. The predicted molar refractivity (Wildman–Crippen MR) is 161 cm³/mol. The summed E-state index contributed by atoms with van der Waals surface area (Å²) in [7, 11) is -3.73. The number of aromatic nitrogens is 2. The van der Waals surface area contributed by atoms with Crippen molar-refractivity contribution in [2.24, 2.45) is 5.92 Å². The van der Waals surface area contributed by atoms with Gasteiger partial charge in [-0.15, -0.1) is 0 Å². The van der Waals surface area contributed by atoms with Crippen molar-refractivity contribution in [1.29, 1.82) is 5.26 Å². The lowest BCUT2D eigenvalue weighted by atomic mass is 9.75. The molecule has 41 heavy (non-hydrogen) atoms. The van der Waals surface area contributed by atoms with Crippen molar-refractivity contribution in [2.45, 2.75) is 61.9 Å². The molecule has 0 bridgehead atoms. The molecular weight excluding hydrogens is 530 g/mol. The molecule has 0 spiro atoms. The number of benzene rings is 3. The summed E-state index contributed by atoms with van der Waals surface area (Å²) in [6.45, 7) is 4.41. The molecule has 7 nitrogen and oxygen atoms in total. The molecule has 1 aliphatic heterocycles. The molecule has 2 aliphatic rings. The Morgan fingerprint density at radius 3 is 2.61 bits per heavy atom. The number of imidazole rings is 1. The predicted octanol–water partition coefficient (Wildman–Crippen LogP) is 5.78. The highest BCUT2D eigenvalue weighted by Gasteiger charge is 2.40. The minimum atomic E-state index is -3.73. The smallest absolute Gasteiger partial charge is 0.240 e. The van der Waals surface area contributed by atoms with E-state index in [1.807, 2.05) is 24.3 Å². The summed E-state index contributed by atoms with van der Waals surface area (Å²) in [5, 5.41) is 9.21. The number of nitrogens with zero attached hydrogens (tertiary/aromatic N) is 4. The van der Waals surface area contributed by atoms with Gasteiger partial charge >= 0.3 is 0 Å². The minimum Gasteiger partial charge on any atom is -0.325 e. The van der Waals surface area contributed by atoms with Gasteiger partial charge in [0.2, 0.25) is 10.0 Å². The molecule has 1 N–H and O–H groups in total. The van der Waals surface area contributed by atoms with Crippen LogP contribution in [0.1, 0.15) is 61.0 Å². The molecule has 212 valence electrons. The number of rotatable bonds is 9. The number of hydrogen-bond acceptors (Lipinski definition) is 5. The van der Waals surface area contributed by atoms with Crippen molar-refractivity contribution in [3.8, 4) is 6.07 Å². The molecule has 0 amide bonds. The summed E-state index contributed by atoms with van der Waals surface area (Å²) in [6.07, 6.45) is 5.65. The minimum absolute atomic E-state index is 0.0440. The maximum Gasteiger partial charge on any atom is 0.240 e. The summed E-state index contributed by atoms with van der Waals surface area (Å²) < 4.78 is 31.6. The maximum atomic E-state index is 13.1. The Morgan fingerprint density at radius 1 is 1.02 bits per heavy atom. The van der Waals surface area contributed by atoms with Crippen LogP contribution in [0.3, 0.4) is 0 Å². The molecule has 2 unspecified atom stereocenters. The van der Waals surface area contributed by atoms with Gasteiger partial charge in [0.15, 0.2) is 0 Å². The second-order valence-electron chi connectivity index (χ2n) is 11.5. The van der Waals surface area contributed by atoms with Crippen LogP contribution in [0.2, 0.25) is 0 Å². The Bertz CT molecular complexity index is 1660. The van der Waals surface area contributed by atoms with Crippen LogP contribution in [0.4, 0.5) is 0 Å². The SMILES string of the molecule is Cc1nc2ccccc2n1[C@H]1CCN(CCC(CNS(=O)(=O)c2cccc(C#N)c2)c2ccccc2)C2CC[C@H]2C1. The molecule has 8 heteroatoms. The summed E-state index contributed by atoms with van der Waals surface area (Å²) in [4.78, 5) is 7.64. The van der Waals surface area contributed by atoms with Gasteiger partial charge in [0.25, 0.3) is 0 Å². The van der Waals surface area contributed by atoms with E-state index in [1.165, 1.54) is 36.9 Å². The Labute approximate surface area is 242 Å². The van der Waals surface area contributed by atoms with E-state index >= 15 is 0 Å². The number of fused-ring (bicyclic) bond motifs is 2. The zero-order valence-corrected chi connectivity index (χ0v) is 24.3. The van der Waals surface area contributed by atoms with Crippen molar-refractivity contribution >= 4 is 21.1 Å². The molecule has 3 aromatic carbocycles. The van der Waals surface area contributed by atoms with Gasteiger partial charge in [-0.2, -0.15) is 5.26 Å². The van der Waals surface area contributed by atoms with Crippen LogP contribution >= 0.6 is 0 Å². The molecule has 2 fully saturated rings. The molecule has 0 radical (unpaired) electrons. The molecular formula is C33H37N5O2S. The Hall–Kier alpha value is -3.51. The fourth-order valence-corrected chi connectivity index (χ4v) is 7.98. The summed E-state index contributed by atoms with van der Waals surface area (Å²) in [5.41, 5.74) is 3.78. The Balaban J connectivity index is 1.16. The molecule has 1 aliphatic carbocycles. The third kappa shape index (κ3) is 5.80. The first-order valence-corrected chi connectivity index (χ1v) is 16.1. The fraction of sp³-hybridized carbons (Fsp3) is 0.394. The van der Waals surface area contributed by atoms with Gasteiger partial charge in [-0.3, -0.25) is 0 Å². The van der Waals surface area contributed by atoms with Gasteiger partial charge in [0, 0.05) is 25.2 Å². The molecule has 6 rings (SSSR count). The zero-order valence-electron chi connectivity index (χ0n) is 23.5. The van der Waals surface area contributed by atoms with E-state index in [-0.39, 0.29) is 10.8 Å². The number of likely N-dealkylation sites (tertiary alicyclic amines) is 1. The lowest BCUT2D eigenvalue weighted by Crippen LogP contribution is -2.46. The monoisotopic (exact) mass is 567 g/mol. The van der Waals surface area contributed by atoms with E-state index in [2.05, 4.69) is 57.5 Å². The standard InChI is InChI=1S/C33H37N5O2S/c1-24-36-31-12-5-6-13-33(31)38(24)29-17-19-37(32-15-14-27(32)21-29)18-16-28(26-9-3-2-4-10-26)23-35-41(39,40)30-11-7-8-25(20-30)22-34/h2-13,20,27-29,32,35H,14-19,21,23H2,1H3/t27-,28?,29-,32?/m0/s1. The van der Waals surface area contributed by atoms with Crippen LogP contribution in [0, 0.1) is 24.2 Å². The largest absolute Gasteiger partial charge is 0.325 e. The van der Waals surface area contributed by atoms with Crippen molar-refractivity contribution < 1.29 is 8.42 Å². The zero-order chi connectivity index (χ0) is 28.4. The van der Waals surface area contributed by atoms with E-state index in [1.54, 1.807) is 12.1 Å². The molecule has 4 atom stereocenters. The van der Waals surface area contributed by atoms with Crippen LogP contribution in [-0.4, -0.2) is 48.5 Å². The molecule has 4 aromatic rings. The lowest BCUT2D eigenvalue weighted by molar-refractivity contribution is 0.0701. The normalized spacial score (nSPS) is 21.9. The van der Waals surface area contributed by atoms with Gasteiger partial charge in [-0.25, -0.2) is 18.1 Å². The van der Waals surface area contributed by atoms with E-state index < -0.39 is 10.0 Å². The highest BCUT2D eigenvalue weighted by molar-refractivity contribution is 7.89. The second kappa shape index (κ2) is 11.8. The van der Waals surface area contributed by atoms with Crippen LogP contribution < -0.4 is 4.72 Å². The Kier molecular flexibility index (Phi) is 7.94. The summed E-state index contributed by atoms with van der Waals surface area (Å²) >= 11 is 0. The number of hydrogen-bond donors (Lipinski definition) is 1. The molecule has 1 saturated heterocycles. The van der Waals surface area contributed by atoms with Gasteiger partial charge in [0.1, 0.15) is 5.82 Å². The van der Waals surface area contributed by atoms with Crippen molar-refractivity contribution in [3.63, 3.8) is 0 Å². The number of sulfonamides is 1. The third-order valence-corrected chi connectivity index (χ3v) is 10.6. The molecule has 1 saturated carbocycles. The topological polar surface area (TPSA) is 91.0 Å². The first-order chi connectivity index (χ1) is 19.9. The quantitative estimate of drug-likeness (QED) is 0.277. The highest BCUT2D eigenvalue weighted by atomic mass is 32.2. The maximum absolute atomic E-state index is 13.1. The van der Waals surface area contributed by atoms with Gasteiger partial charge < -0.3 is 9.47 Å². The molecule has 1 aromatic heterocycles. The average Bonchev–Trinajstić information content (AvgIpc) is 3.26. The number of para-hydroxylation sites is 2. The third-order valence-electron chi connectivity index (χ3n) is 9.14.